The van der Waals surface area contributed by atoms with E-state index in [4.69, 9.17) is 17.3 Å². The Kier molecular flexibility index (Phi) is 3.30. The van der Waals surface area contributed by atoms with Gasteiger partial charge in [0.05, 0.1) is 5.56 Å². The fraction of sp³-hybridized carbons (Fsp3) is 0.125. The highest BCUT2D eigenvalue weighted by molar-refractivity contribution is 9.10. The minimum absolute atomic E-state index is 0.266. The van der Waals surface area contributed by atoms with Gasteiger partial charge in [0.25, 0.3) is 5.24 Å². The predicted molar refractivity (Wildman–Crippen MR) is 53.7 cm³/mol. The second kappa shape index (κ2) is 4.02. The summed E-state index contributed by atoms with van der Waals surface area (Å²) in [6, 6.07) is 2.12. The average Bonchev–Trinajstić information content (AvgIpc) is 2.00. The fourth-order valence-corrected chi connectivity index (χ4v) is 2.07. The molecule has 0 saturated heterocycles. The Hall–Kier alpha value is -0.750. The number of benzene rings is 1. The van der Waals surface area contributed by atoms with Crippen molar-refractivity contribution in [2.45, 2.75) is 6.18 Å². The molecule has 1 rings (SSSR count). The number of hydrogen-bond donors (Lipinski definition) is 1. The first kappa shape index (κ1) is 12.3. The SMILES string of the molecule is Nc1ccc(C(=O)Cl)c(Br)c1C(F)(F)F. The molecule has 1 aromatic carbocycles. The molecule has 0 amide bonds. The maximum absolute atomic E-state index is 12.5. The van der Waals surface area contributed by atoms with E-state index in [2.05, 4.69) is 15.9 Å². The van der Waals surface area contributed by atoms with Gasteiger partial charge < -0.3 is 5.73 Å². The van der Waals surface area contributed by atoms with Crippen LogP contribution < -0.4 is 5.73 Å². The topological polar surface area (TPSA) is 43.1 Å². The van der Waals surface area contributed by atoms with Gasteiger partial charge in [-0.3, -0.25) is 4.79 Å². The summed E-state index contributed by atoms with van der Waals surface area (Å²) in [5, 5.41) is -0.979. The molecule has 0 atom stereocenters. The van der Waals surface area contributed by atoms with E-state index in [9.17, 15) is 18.0 Å². The molecule has 2 N–H and O–H groups in total. The van der Waals surface area contributed by atoms with Crippen molar-refractivity contribution in [1.82, 2.24) is 0 Å². The van der Waals surface area contributed by atoms with Crippen molar-refractivity contribution >= 4 is 38.5 Å². The molecule has 0 unspecified atom stereocenters. The van der Waals surface area contributed by atoms with Crippen LogP contribution in [0.3, 0.4) is 0 Å². The van der Waals surface area contributed by atoms with Crippen LogP contribution in [0.25, 0.3) is 0 Å². The molecule has 0 spiro atoms. The van der Waals surface area contributed by atoms with Crippen molar-refractivity contribution in [3.63, 3.8) is 0 Å². The van der Waals surface area contributed by atoms with Crippen LogP contribution in [-0.4, -0.2) is 5.24 Å². The minimum Gasteiger partial charge on any atom is -0.398 e. The Labute approximate surface area is 96.3 Å². The van der Waals surface area contributed by atoms with E-state index in [0.29, 0.717) is 0 Å². The van der Waals surface area contributed by atoms with Gasteiger partial charge >= 0.3 is 6.18 Å². The summed E-state index contributed by atoms with van der Waals surface area (Å²) in [5.41, 5.74) is 3.36. The van der Waals surface area contributed by atoms with Crippen molar-refractivity contribution < 1.29 is 18.0 Å². The van der Waals surface area contributed by atoms with Crippen molar-refractivity contribution in [2.75, 3.05) is 5.73 Å². The number of rotatable bonds is 1. The maximum atomic E-state index is 12.5. The molecule has 0 radical (unpaired) electrons. The van der Waals surface area contributed by atoms with Gasteiger partial charge in [-0.25, -0.2) is 0 Å². The number of anilines is 1. The lowest BCUT2D eigenvalue weighted by Crippen LogP contribution is -2.12. The number of nitrogen functional groups attached to an aromatic ring is 1. The van der Waals surface area contributed by atoms with Gasteiger partial charge in [0.1, 0.15) is 0 Å². The second-order valence-electron chi connectivity index (χ2n) is 2.66. The lowest BCUT2D eigenvalue weighted by Gasteiger charge is -2.13. The first-order chi connectivity index (χ1) is 6.75. The highest BCUT2D eigenvalue weighted by Crippen LogP contribution is 2.40. The average molecular weight is 302 g/mol. The van der Waals surface area contributed by atoms with E-state index in [1.807, 2.05) is 0 Å². The van der Waals surface area contributed by atoms with E-state index in [0.717, 1.165) is 12.1 Å². The summed E-state index contributed by atoms with van der Waals surface area (Å²) < 4.78 is 37.0. The lowest BCUT2D eigenvalue weighted by atomic mass is 10.1. The van der Waals surface area contributed by atoms with Crippen LogP contribution >= 0.6 is 27.5 Å². The largest absolute Gasteiger partial charge is 0.419 e. The number of nitrogens with two attached hydrogens (primary N) is 1. The van der Waals surface area contributed by atoms with Crippen LogP contribution in [-0.2, 0) is 6.18 Å². The summed E-state index contributed by atoms with van der Waals surface area (Å²) in [7, 11) is 0. The third kappa shape index (κ3) is 2.43. The molecule has 1 aromatic rings. The molecule has 7 heteroatoms. The third-order valence-electron chi connectivity index (χ3n) is 1.67. The van der Waals surface area contributed by atoms with Crippen LogP contribution in [0.2, 0.25) is 0 Å². The molecule has 0 aromatic heterocycles. The minimum atomic E-state index is -4.63. The Bertz CT molecular complexity index is 419. The van der Waals surface area contributed by atoms with E-state index >= 15 is 0 Å². The van der Waals surface area contributed by atoms with Gasteiger partial charge in [0.2, 0.25) is 0 Å². The quantitative estimate of drug-likeness (QED) is 0.638. The van der Waals surface area contributed by atoms with E-state index in [-0.39, 0.29) is 5.56 Å². The van der Waals surface area contributed by atoms with Crippen molar-refractivity contribution in [3.8, 4) is 0 Å². The van der Waals surface area contributed by atoms with E-state index in [1.54, 1.807) is 0 Å². The third-order valence-corrected chi connectivity index (χ3v) is 2.70. The van der Waals surface area contributed by atoms with Crippen LogP contribution in [0.4, 0.5) is 18.9 Å². The summed E-state index contributed by atoms with van der Waals surface area (Å²) in [4.78, 5) is 10.8. The monoisotopic (exact) mass is 301 g/mol. The number of carbonyl (C=O) groups excluding carboxylic acids is 1. The Morgan fingerprint density at radius 1 is 1.40 bits per heavy atom. The molecule has 0 aliphatic rings. The first-order valence-corrected chi connectivity index (χ1v) is 4.77. The number of alkyl halides is 3. The molecule has 0 aliphatic heterocycles. The lowest BCUT2D eigenvalue weighted by molar-refractivity contribution is -0.137. The Morgan fingerprint density at radius 3 is 2.33 bits per heavy atom. The van der Waals surface area contributed by atoms with Gasteiger partial charge in [-0.05, 0) is 39.7 Å². The van der Waals surface area contributed by atoms with E-state index in [1.165, 1.54) is 0 Å². The first-order valence-electron chi connectivity index (χ1n) is 3.60. The number of carbonyl (C=O) groups is 1. The summed E-state index contributed by atoms with van der Waals surface area (Å²) in [6.07, 6.45) is -4.63. The number of halogens is 5. The van der Waals surface area contributed by atoms with Crippen LogP contribution in [0.1, 0.15) is 15.9 Å². The Morgan fingerprint density at radius 2 is 1.93 bits per heavy atom. The molecule has 2 nitrogen and oxygen atoms in total. The molecule has 0 heterocycles. The smallest absolute Gasteiger partial charge is 0.398 e. The van der Waals surface area contributed by atoms with Crippen LogP contribution in [0.5, 0.6) is 0 Å². The Balaban J connectivity index is 3.51. The van der Waals surface area contributed by atoms with Crippen LogP contribution in [0.15, 0.2) is 16.6 Å². The summed E-state index contributed by atoms with van der Waals surface area (Å²) >= 11 is 7.77. The van der Waals surface area contributed by atoms with Gasteiger partial charge in [0, 0.05) is 15.7 Å². The summed E-state index contributed by atoms with van der Waals surface area (Å²) in [6.45, 7) is 0. The van der Waals surface area contributed by atoms with Gasteiger partial charge in [-0.1, -0.05) is 0 Å². The molecule has 82 valence electrons. The molecule has 15 heavy (non-hydrogen) atoms. The highest BCUT2D eigenvalue weighted by atomic mass is 79.9. The molecule has 0 saturated carbocycles. The summed E-state index contributed by atoms with van der Waals surface area (Å²) in [5.74, 6) is 0. The van der Waals surface area contributed by atoms with Gasteiger partial charge in [-0.2, -0.15) is 13.2 Å². The van der Waals surface area contributed by atoms with Crippen LogP contribution in [0, 0.1) is 0 Å². The standard InChI is InChI=1S/C8H4BrClF3NO/c9-6-3(7(10)15)1-2-4(14)5(6)8(11,12)13/h1-2H,14H2. The van der Waals surface area contributed by atoms with Crippen molar-refractivity contribution in [3.05, 3.63) is 27.7 Å². The normalized spacial score (nSPS) is 11.5. The zero-order chi connectivity index (χ0) is 11.8. The zero-order valence-electron chi connectivity index (χ0n) is 7.03. The number of hydrogen-bond acceptors (Lipinski definition) is 2. The predicted octanol–water partition coefficient (Wildman–Crippen LogP) is 3.43. The fourth-order valence-electron chi connectivity index (χ4n) is 1.03. The molecule has 0 bridgehead atoms. The molecular formula is C8H4BrClF3NO. The molecule has 0 fully saturated rings. The maximum Gasteiger partial charge on any atom is 0.419 e. The highest BCUT2D eigenvalue weighted by Gasteiger charge is 2.36. The molecular weight excluding hydrogens is 298 g/mol. The van der Waals surface area contributed by atoms with Crippen molar-refractivity contribution in [2.24, 2.45) is 0 Å². The second-order valence-corrected chi connectivity index (χ2v) is 3.80. The zero-order valence-corrected chi connectivity index (χ0v) is 9.37. The molecule has 0 aliphatic carbocycles. The van der Waals surface area contributed by atoms with Crippen molar-refractivity contribution in [1.29, 1.82) is 0 Å². The van der Waals surface area contributed by atoms with E-state index < -0.39 is 27.1 Å². The van der Waals surface area contributed by atoms with Gasteiger partial charge in [-0.15, -0.1) is 0 Å². The van der Waals surface area contributed by atoms with Gasteiger partial charge in [0.15, 0.2) is 0 Å².